The van der Waals surface area contributed by atoms with Gasteiger partial charge in [0.25, 0.3) is 5.91 Å². The van der Waals surface area contributed by atoms with E-state index in [0.717, 1.165) is 10.1 Å². The van der Waals surface area contributed by atoms with Gasteiger partial charge in [0.15, 0.2) is 0 Å². The first kappa shape index (κ1) is 14.0. The number of amides is 1. The van der Waals surface area contributed by atoms with Crippen LogP contribution in [0.5, 0.6) is 0 Å². The van der Waals surface area contributed by atoms with E-state index < -0.39 is 11.7 Å². The van der Waals surface area contributed by atoms with E-state index in [4.69, 9.17) is 11.6 Å². The van der Waals surface area contributed by atoms with Crippen molar-refractivity contribution >= 4 is 44.8 Å². The van der Waals surface area contributed by atoms with Gasteiger partial charge in [-0.1, -0.05) is 29.8 Å². The lowest BCUT2D eigenvalue weighted by Crippen LogP contribution is -2.13. The number of anilines is 1. The summed E-state index contributed by atoms with van der Waals surface area (Å²) in [6, 6.07) is 10.1. The average molecular weight is 321 g/mol. The van der Waals surface area contributed by atoms with E-state index in [1.54, 1.807) is 6.92 Å². The minimum absolute atomic E-state index is 0.238. The van der Waals surface area contributed by atoms with Gasteiger partial charge in [0, 0.05) is 5.39 Å². The lowest BCUT2D eigenvalue weighted by atomic mass is 10.2. The van der Waals surface area contributed by atoms with Crippen LogP contribution in [0.1, 0.15) is 16.1 Å². The lowest BCUT2D eigenvalue weighted by Gasteiger charge is -2.07. The van der Waals surface area contributed by atoms with E-state index in [9.17, 15) is 9.18 Å². The number of hydrogen-bond donors (Lipinski definition) is 1. The van der Waals surface area contributed by atoms with Crippen LogP contribution in [0.25, 0.3) is 10.1 Å². The van der Waals surface area contributed by atoms with Crippen LogP contribution in [0, 0.1) is 12.7 Å². The third kappa shape index (κ3) is 2.62. The van der Waals surface area contributed by atoms with Crippen LogP contribution in [-0.4, -0.2) is 10.3 Å². The molecule has 0 saturated heterocycles. The van der Waals surface area contributed by atoms with E-state index in [-0.39, 0.29) is 5.69 Å². The molecule has 0 aliphatic carbocycles. The number of rotatable bonds is 2. The SMILES string of the molecule is Cc1cc(Cl)c(NC(=O)c2nsc3ccccc23)cc1F. The Labute approximate surface area is 129 Å². The Kier molecular flexibility index (Phi) is 3.61. The maximum Gasteiger partial charge on any atom is 0.276 e. The highest BCUT2D eigenvalue weighted by Crippen LogP contribution is 2.27. The summed E-state index contributed by atoms with van der Waals surface area (Å²) in [6.07, 6.45) is 0. The first-order valence-electron chi connectivity index (χ1n) is 6.17. The molecule has 3 aromatic rings. The predicted octanol–water partition coefficient (Wildman–Crippen LogP) is 4.65. The van der Waals surface area contributed by atoms with Crippen molar-refractivity contribution in [1.29, 1.82) is 0 Å². The number of fused-ring (bicyclic) bond motifs is 1. The topological polar surface area (TPSA) is 42.0 Å². The van der Waals surface area contributed by atoms with Crippen molar-refractivity contribution in [3.63, 3.8) is 0 Å². The van der Waals surface area contributed by atoms with Crippen LogP contribution in [-0.2, 0) is 0 Å². The Morgan fingerprint density at radius 3 is 2.90 bits per heavy atom. The third-order valence-electron chi connectivity index (χ3n) is 3.09. The molecule has 0 atom stereocenters. The van der Waals surface area contributed by atoms with Gasteiger partial charge in [0.2, 0.25) is 0 Å². The van der Waals surface area contributed by atoms with Gasteiger partial charge in [0.1, 0.15) is 11.5 Å². The molecule has 0 aliphatic heterocycles. The predicted molar refractivity (Wildman–Crippen MR) is 83.7 cm³/mol. The van der Waals surface area contributed by atoms with Gasteiger partial charge in [-0.2, -0.15) is 4.37 Å². The summed E-state index contributed by atoms with van der Waals surface area (Å²) in [5.41, 5.74) is 0.978. The van der Waals surface area contributed by atoms with Gasteiger partial charge >= 0.3 is 0 Å². The molecule has 3 nitrogen and oxygen atoms in total. The molecule has 106 valence electrons. The second kappa shape index (κ2) is 5.42. The monoisotopic (exact) mass is 320 g/mol. The fourth-order valence-electron chi connectivity index (χ4n) is 1.97. The van der Waals surface area contributed by atoms with Crippen LogP contribution >= 0.6 is 23.1 Å². The number of aromatic nitrogens is 1. The Morgan fingerprint density at radius 2 is 2.10 bits per heavy atom. The minimum Gasteiger partial charge on any atom is -0.319 e. The van der Waals surface area contributed by atoms with E-state index in [1.807, 2.05) is 24.3 Å². The number of nitrogens with zero attached hydrogens (tertiary/aromatic N) is 1. The summed E-state index contributed by atoms with van der Waals surface area (Å²) in [4.78, 5) is 12.3. The zero-order chi connectivity index (χ0) is 15.0. The zero-order valence-electron chi connectivity index (χ0n) is 11.0. The maximum atomic E-state index is 13.6. The Balaban J connectivity index is 1.95. The highest BCUT2D eigenvalue weighted by molar-refractivity contribution is 7.13. The largest absolute Gasteiger partial charge is 0.319 e. The minimum atomic E-state index is -0.419. The molecule has 21 heavy (non-hydrogen) atoms. The number of nitrogens with one attached hydrogen (secondary N) is 1. The molecule has 0 spiro atoms. The highest BCUT2D eigenvalue weighted by Gasteiger charge is 2.16. The fourth-order valence-corrected chi connectivity index (χ4v) is 3.01. The van der Waals surface area contributed by atoms with Crippen molar-refractivity contribution in [2.24, 2.45) is 0 Å². The van der Waals surface area contributed by atoms with Gasteiger partial charge in [-0.25, -0.2) is 4.39 Å². The second-order valence-corrected chi connectivity index (χ2v) is 5.77. The van der Waals surface area contributed by atoms with Crippen molar-refractivity contribution in [2.45, 2.75) is 6.92 Å². The molecule has 0 unspecified atom stereocenters. The van der Waals surface area contributed by atoms with Crippen LogP contribution in [0.15, 0.2) is 36.4 Å². The Morgan fingerprint density at radius 1 is 1.33 bits per heavy atom. The van der Waals surface area contributed by atoms with Crippen molar-refractivity contribution < 1.29 is 9.18 Å². The third-order valence-corrected chi connectivity index (χ3v) is 4.23. The molecule has 3 rings (SSSR count). The molecular weight excluding hydrogens is 311 g/mol. The van der Waals surface area contributed by atoms with E-state index in [1.165, 1.54) is 23.7 Å². The molecule has 0 saturated carbocycles. The van der Waals surface area contributed by atoms with Crippen molar-refractivity contribution in [1.82, 2.24) is 4.37 Å². The zero-order valence-corrected chi connectivity index (χ0v) is 12.6. The van der Waals surface area contributed by atoms with Crippen molar-refractivity contribution in [2.75, 3.05) is 5.32 Å². The van der Waals surface area contributed by atoms with Gasteiger partial charge in [-0.05, 0) is 42.2 Å². The van der Waals surface area contributed by atoms with Crippen LogP contribution in [0.3, 0.4) is 0 Å². The Hall–Kier alpha value is -1.98. The average Bonchev–Trinajstić information content (AvgIpc) is 2.88. The van der Waals surface area contributed by atoms with Crippen LogP contribution in [0.4, 0.5) is 10.1 Å². The summed E-state index contributed by atoms with van der Waals surface area (Å²) in [5, 5.41) is 3.67. The Bertz CT molecular complexity index is 847. The molecule has 6 heteroatoms. The molecule has 2 aromatic carbocycles. The summed E-state index contributed by atoms with van der Waals surface area (Å²) >= 11 is 7.27. The van der Waals surface area contributed by atoms with Crippen molar-refractivity contribution in [3.8, 4) is 0 Å². The first-order chi connectivity index (χ1) is 10.1. The summed E-state index contributed by atoms with van der Waals surface area (Å²) < 4.78 is 18.7. The van der Waals surface area contributed by atoms with Gasteiger partial charge in [-0.3, -0.25) is 4.79 Å². The number of halogens is 2. The summed E-state index contributed by atoms with van der Waals surface area (Å²) in [6.45, 7) is 1.61. The van der Waals surface area contributed by atoms with Gasteiger partial charge in [0.05, 0.1) is 15.4 Å². The molecule has 1 amide bonds. The van der Waals surface area contributed by atoms with Gasteiger partial charge < -0.3 is 5.32 Å². The van der Waals surface area contributed by atoms with E-state index in [2.05, 4.69) is 9.69 Å². The summed E-state index contributed by atoms with van der Waals surface area (Å²) in [7, 11) is 0. The molecule has 0 radical (unpaired) electrons. The summed E-state index contributed by atoms with van der Waals surface area (Å²) in [5.74, 6) is -0.824. The smallest absolute Gasteiger partial charge is 0.276 e. The quantitative estimate of drug-likeness (QED) is 0.746. The molecular formula is C15H10ClFN2OS. The maximum absolute atomic E-state index is 13.6. The number of benzene rings is 2. The first-order valence-corrected chi connectivity index (χ1v) is 7.33. The standard InChI is InChI=1S/C15H10ClFN2OS/c1-8-6-10(16)12(7-11(8)17)18-15(20)14-9-4-2-3-5-13(9)21-19-14/h2-7H,1H3,(H,18,20). The number of carbonyl (C=O) groups is 1. The molecule has 0 aliphatic rings. The molecule has 0 bridgehead atoms. The normalized spacial score (nSPS) is 10.8. The number of carbonyl (C=O) groups excluding carboxylic acids is 1. The highest BCUT2D eigenvalue weighted by atomic mass is 35.5. The number of hydrogen-bond acceptors (Lipinski definition) is 3. The van der Waals surface area contributed by atoms with Crippen LogP contribution < -0.4 is 5.32 Å². The van der Waals surface area contributed by atoms with Gasteiger partial charge in [-0.15, -0.1) is 0 Å². The molecule has 1 heterocycles. The molecule has 0 fully saturated rings. The van der Waals surface area contributed by atoms with E-state index >= 15 is 0 Å². The second-order valence-electron chi connectivity index (χ2n) is 4.56. The molecule has 1 N–H and O–H groups in total. The fraction of sp³-hybridized carbons (Fsp3) is 0.0667. The van der Waals surface area contributed by atoms with E-state index in [0.29, 0.717) is 16.3 Å². The lowest BCUT2D eigenvalue weighted by molar-refractivity contribution is 0.102. The number of aryl methyl sites for hydroxylation is 1. The molecule has 1 aromatic heterocycles. The van der Waals surface area contributed by atoms with Crippen LogP contribution in [0.2, 0.25) is 5.02 Å². The van der Waals surface area contributed by atoms with Crippen molar-refractivity contribution in [3.05, 3.63) is 58.5 Å².